The van der Waals surface area contributed by atoms with Gasteiger partial charge in [0.1, 0.15) is 0 Å². The number of nitrogens with one attached hydrogen (secondary N) is 2. The molecule has 574 valence electrons. The minimum atomic E-state index is -0.469. The summed E-state index contributed by atoms with van der Waals surface area (Å²) in [6.45, 7) is 7.80. The molecule has 113 heavy (non-hydrogen) atoms. The van der Waals surface area contributed by atoms with Crippen LogP contribution in [0.3, 0.4) is 0 Å². The second kappa shape index (κ2) is 41.9. The van der Waals surface area contributed by atoms with Crippen molar-refractivity contribution in [2.45, 2.75) is 66.2 Å². The molecule has 0 aliphatic rings. The molecule has 0 saturated carbocycles. The number of carbonyl (C=O) groups excluding carboxylic acids is 9. The summed E-state index contributed by atoms with van der Waals surface area (Å²) >= 11 is 5.22. The maximum absolute atomic E-state index is 12.9. The summed E-state index contributed by atoms with van der Waals surface area (Å²) in [4.78, 5) is 105. The lowest BCUT2D eigenvalue weighted by Gasteiger charge is -2.14. The van der Waals surface area contributed by atoms with Gasteiger partial charge in [0.2, 0.25) is 17.7 Å². The first-order valence-corrected chi connectivity index (χ1v) is 35.8. The van der Waals surface area contributed by atoms with Crippen molar-refractivity contribution >= 4 is 81.3 Å². The lowest BCUT2D eigenvalue weighted by atomic mass is 9.98. The molecule has 5 amide bonds. The van der Waals surface area contributed by atoms with Crippen LogP contribution < -0.4 is 33.6 Å². The van der Waals surface area contributed by atoms with Gasteiger partial charge in [-0.05, 0) is 178 Å². The van der Waals surface area contributed by atoms with Crippen LogP contribution in [0.1, 0.15) is 123 Å². The summed E-state index contributed by atoms with van der Waals surface area (Å²) < 4.78 is 14.4. The number of benzene rings is 9. The molecule has 10 N–H and O–H groups in total. The number of para-hydroxylation sites is 3. The van der Waals surface area contributed by atoms with Crippen molar-refractivity contribution in [3.63, 3.8) is 0 Å². The first kappa shape index (κ1) is 84.4. The molecule has 0 radical (unpaired) electrons. The van der Waals surface area contributed by atoms with Crippen LogP contribution in [0.2, 0.25) is 0 Å². The van der Waals surface area contributed by atoms with E-state index in [4.69, 9.17) is 48.7 Å². The third-order valence-corrected chi connectivity index (χ3v) is 17.1. The van der Waals surface area contributed by atoms with Gasteiger partial charge in [0.25, 0.3) is 17.1 Å². The van der Waals surface area contributed by atoms with E-state index in [1.54, 1.807) is 115 Å². The molecule has 24 nitrogen and oxygen atoms in total. The van der Waals surface area contributed by atoms with Crippen LogP contribution in [0.4, 0.5) is 17.1 Å². The molecule has 0 saturated heterocycles. The second-order valence-electron chi connectivity index (χ2n) is 25.3. The van der Waals surface area contributed by atoms with Crippen molar-refractivity contribution in [2.24, 2.45) is 17.2 Å². The molecule has 0 aliphatic carbocycles. The molecule has 25 heteroatoms. The van der Waals surface area contributed by atoms with Crippen molar-refractivity contribution in [1.29, 1.82) is 0 Å². The number of methoxy groups -OCH3 is 3. The first-order valence-electron chi connectivity index (χ1n) is 35.4. The van der Waals surface area contributed by atoms with E-state index in [9.17, 15) is 43.2 Å². The predicted octanol–water partition coefficient (Wildman–Crippen LogP) is 15.0. The Bertz CT molecular complexity index is 5150. The normalized spacial score (nSPS) is 10.3. The maximum Gasteiger partial charge on any atom is 0.337 e. The van der Waals surface area contributed by atoms with Gasteiger partial charge in [-0.15, -0.1) is 30.6 Å². The standard InChI is InChI=1S/2C29H26N4O4.C18H15N3O2.C8H7ClO.C4H9NO/c2*1-18-10-12-19(13-11-18)28(35)31-24-9-4-3-8-23(24)25-17-21(14-15-26(30)34)27(33-32-25)20-6-5-7-22(16-20)29(36)37-2;1-23-18(22)13-6-4-5-12(11-13)16-9-10-17(21-20-16)14-7-2-3-8-15(14)19;1-6-2-4-7(5-3-6)8(9)10;1-2-3-4(5)6/h2*3-13,16-17H,14-15H2,1-2H3,(H2,30,34)(H,31,35);2-11H,19H2,1H3;2-5H,1H3;2-3H2,1H3,(H2,5,6). The monoisotopic (exact) mass is 1530 g/mol. The van der Waals surface area contributed by atoms with Crippen LogP contribution in [-0.4, -0.2) is 105 Å². The number of nitrogens with zero attached hydrogens (tertiary/aromatic N) is 6. The number of halogens is 1. The molecule has 12 aromatic rings. The average Bonchev–Trinajstić information content (AvgIpc) is 0.801. The summed E-state index contributed by atoms with van der Waals surface area (Å²) in [5, 5.41) is 31.7. The molecule has 3 heterocycles. The maximum atomic E-state index is 12.9. The highest BCUT2D eigenvalue weighted by molar-refractivity contribution is 6.67. The van der Waals surface area contributed by atoms with Gasteiger partial charge in [-0.25, -0.2) is 14.4 Å². The van der Waals surface area contributed by atoms with E-state index < -0.39 is 29.0 Å². The topological polar surface area (TPSA) is 387 Å². The Kier molecular flexibility index (Phi) is 31.3. The van der Waals surface area contributed by atoms with Crippen LogP contribution in [0, 0.1) is 20.8 Å². The minimum Gasteiger partial charge on any atom is -0.465 e. The first-order chi connectivity index (χ1) is 54.4. The van der Waals surface area contributed by atoms with Crippen LogP contribution in [0.5, 0.6) is 0 Å². The number of nitrogen functional groups attached to an aromatic ring is 1. The Morgan fingerprint density at radius 2 is 0.699 bits per heavy atom. The van der Waals surface area contributed by atoms with E-state index in [0.717, 1.165) is 45.4 Å². The van der Waals surface area contributed by atoms with Crippen LogP contribution in [0.25, 0.3) is 67.5 Å². The minimum absolute atomic E-state index is 0.112. The van der Waals surface area contributed by atoms with Gasteiger partial charge >= 0.3 is 17.9 Å². The number of rotatable bonds is 22. The number of aryl methyl sites for hydroxylation is 5. The molecular formula is C88H83ClN12O12. The molecule has 12 rings (SSSR count). The lowest BCUT2D eigenvalue weighted by Crippen LogP contribution is -2.13. The number of hydrogen-bond donors (Lipinski definition) is 6. The zero-order chi connectivity index (χ0) is 81.5. The van der Waals surface area contributed by atoms with Gasteiger partial charge in [-0.3, -0.25) is 28.8 Å². The molecule has 0 spiro atoms. The number of ether oxygens (including phenoxy) is 3. The number of esters is 3. The summed E-state index contributed by atoms with van der Waals surface area (Å²) in [7, 11) is 3.99. The largest absolute Gasteiger partial charge is 0.465 e. The molecule has 3 aromatic heterocycles. The Balaban J connectivity index is 0.000000197. The fourth-order valence-electron chi connectivity index (χ4n) is 11.0. The van der Waals surface area contributed by atoms with E-state index >= 15 is 0 Å². The predicted molar refractivity (Wildman–Crippen MR) is 436 cm³/mol. The third-order valence-electron chi connectivity index (χ3n) is 16.9. The van der Waals surface area contributed by atoms with Gasteiger partial charge < -0.3 is 47.8 Å². The van der Waals surface area contributed by atoms with Gasteiger partial charge in [-0.2, -0.15) is 0 Å². The molecule has 0 unspecified atom stereocenters. The number of hydrogen-bond acceptors (Lipinski definition) is 19. The molecule has 0 bridgehead atoms. The number of carbonyl (C=O) groups is 9. The SMILES string of the molecule is CCCC(N)=O.COC(=O)c1cccc(-c2ccc(-c3ccccc3N)nn2)c1.COC(=O)c1cccc(-c2nnc(-c3ccccc3NC(=O)c3ccc(C)cc3)cc2CCC(N)=O)c1.COC(=O)c1cccc(-c2nnc(-c3ccccc3NC(=O)c3ccc(C)cc3)cc2CCC(N)=O)c1.Cc1ccc(C(=O)Cl)cc1. The Hall–Kier alpha value is -14.3. The number of aromatic nitrogens is 6. The van der Waals surface area contributed by atoms with Gasteiger partial charge in [0, 0.05) is 75.0 Å². The molecule has 0 atom stereocenters. The lowest BCUT2D eigenvalue weighted by molar-refractivity contribution is -0.118. The number of nitrogens with two attached hydrogens (primary N) is 4. The van der Waals surface area contributed by atoms with E-state index in [2.05, 4.69) is 41.2 Å². The second-order valence-corrected chi connectivity index (χ2v) is 25.7. The Morgan fingerprint density at radius 3 is 1.05 bits per heavy atom. The molecule has 0 fully saturated rings. The van der Waals surface area contributed by atoms with Crippen molar-refractivity contribution in [3.8, 4) is 67.5 Å². The van der Waals surface area contributed by atoms with Crippen molar-refractivity contribution < 1.29 is 57.4 Å². The fourth-order valence-corrected chi connectivity index (χ4v) is 11.1. The van der Waals surface area contributed by atoms with Crippen LogP contribution in [0.15, 0.2) is 243 Å². The highest BCUT2D eigenvalue weighted by Gasteiger charge is 2.21. The van der Waals surface area contributed by atoms with E-state index in [0.29, 0.717) is 126 Å². The van der Waals surface area contributed by atoms with Gasteiger partial charge in [0.15, 0.2) is 0 Å². The van der Waals surface area contributed by atoms with Crippen molar-refractivity contribution in [1.82, 2.24) is 30.6 Å². The third kappa shape index (κ3) is 24.9. The van der Waals surface area contributed by atoms with Crippen molar-refractivity contribution in [2.75, 3.05) is 37.7 Å². The molecule has 9 aromatic carbocycles. The zero-order valence-electron chi connectivity index (χ0n) is 63.1. The molecule has 0 aliphatic heterocycles. The summed E-state index contributed by atoms with van der Waals surface area (Å²) in [6.07, 6.45) is 2.25. The smallest absolute Gasteiger partial charge is 0.337 e. The fraction of sp³-hybridized carbons (Fsp3) is 0.148. The van der Waals surface area contributed by atoms with Crippen LogP contribution >= 0.6 is 11.6 Å². The number of amides is 5. The van der Waals surface area contributed by atoms with E-state index in [-0.39, 0.29) is 36.5 Å². The summed E-state index contributed by atoms with van der Waals surface area (Å²) in [5.74, 6) is -2.91. The quantitative estimate of drug-likeness (QED) is 0.0159. The Labute approximate surface area is 658 Å². The number of primary amides is 3. The van der Waals surface area contributed by atoms with Gasteiger partial charge in [-0.1, -0.05) is 151 Å². The summed E-state index contributed by atoms with van der Waals surface area (Å²) in [5.41, 5.74) is 38.7. The van der Waals surface area contributed by atoms with E-state index in [1.165, 1.54) is 21.3 Å². The summed E-state index contributed by atoms with van der Waals surface area (Å²) in [6, 6.07) is 72.0. The van der Waals surface area contributed by atoms with Gasteiger partial charge in [0.05, 0.1) is 83.6 Å². The number of anilines is 3. The Morgan fingerprint density at radius 1 is 0.354 bits per heavy atom. The van der Waals surface area contributed by atoms with Crippen molar-refractivity contribution in [3.05, 3.63) is 304 Å². The highest BCUT2D eigenvalue weighted by Crippen LogP contribution is 2.34. The highest BCUT2D eigenvalue weighted by atomic mass is 35.5. The average molecular weight is 1540 g/mol. The van der Waals surface area contributed by atoms with Crippen LogP contribution in [-0.2, 0) is 41.4 Å². The zero-order valence-corrected chi connectivity index (χ0v) is 63.9. The van der Waals surface area contributed by atoms with E-state index in [1.807, 2.05) is 155 Å². The molecular weight excluding hydrogens is 1450 g/mol.